The number of carbonyl (C=O) groups is 1. The maximum absolute atomic E-state index is 12.0. The Labute approximate surface area is 140 Å². The summed E-state index contributed by atoms with van der Waals surface area (Å²) in [5.74, 6) is -0.392. The SMILES string of the molecule is CCOC(=O)c1cc(/C=C\c2ccccc2[N+](=O)[O-])ncc1CC. The van der Waals surface area contributed by atoms with Gasteiger partial charge in [0.05, 0.1) is 28.4 Å². The predicted molar refractivity (Wildman–Crippen MR) is 91.6 cm³/mol. The standard InChI is InChI=1S/C18H18N2O4/c1-3-13-12-19-15(11-16(13)18(21)24-4-2)10-9-14-7-5-6-8-17(14)20(22)23/h5-12H,3-4H2,1-2H3/b10-9-. The summed E-state index contributed by atoms with van der Waals surface area (Å²) in [4.78, 5) is 26.9. The van der Waals surface area contributed by atoms with Crippen molar-refractivity contribution >= 4 is 23.8 Å². The van der Waals surface area contributed by atoms with E-state index in [1.807, 2.05) is 6.92 Å². The lowest BCUT2D eigenvalue weighted by Gasteiger charge is -2.07. The number of ether oxygens (including phenoxy) is 1. The lowest BCUT2D eigenvalue weighted by molar-refractivity contribution is -0.385. The average Bonchev–Trinajstić information content (AvgIpc) is 2.60. The Hall–Kier alpha value is -3.02. The van der Waals surface area contributed by atoms with Crippen molar-refractivity contribution in [3.05, 3.63) is 69.0 Å². The Bertz CT molecular complexity index is 784. The average molecular weight is 326 g/mol. The van der Waals surface area contributed by atoms with Crippen LogP contribution in [-0.2, 0) is 11.2 Å². The summed E-state index contributed by atoms with van der Waals surface area (Å²) in [6.45, 7) is 3.98. The highest BCUT2D eigenvalue weighted by Gasteiger charge is 2.13. The zero-order valence-corrected chi connectivity index (χ0v) is 13.6. The molecule has 0 saturated heterocycles. The Morgan fingerprint density at radius 1 is 1.29 bits per heavy atom. The second kappa shape index (κ2) is 8.01. The summed E-state index contributed by atoms with van der Waals surface area (Å²) >= 11 is 0. The number of para-hydroxylation sites is 1. The van der Waals surface area contributed by atoms with Crippen molar-refractivity contribution in [1.82, 2.24) is 4.98 Å². The van der Waals surface area contributed by atoms with Crippen LogP contribution in [-0.4, -0.2) is 22.5 Å². The van der Waals surface area contributed by atoms with Gasteiger partial charge in [0.1, 0.15) is 0 Å². The van der Waals surface area contributed by atoms with Crippen molar-refractivity contribution in [2.24, 2.45) is 0 Å². The molecular formula is C18H18N2O4. The van der Waals surface area contributed by atoms with E-state index in [1.54, 1.807) is 49.5 Å². The number of aryl methyl sites for hydroxylation is 1. The lowest BCUT2D eigenvalue weighted by atomic mass is 10.1. The monoisotopic (exact) mass is 326 g/mol. The lowest BCUT2D eigenvalue weighted by Crippen LogP contribution is -2.09. The third-order valence-corrected chi connectivity index (χ3v) is 3.45. The van der Waals surface area contributed by atoms with E-state index >= 15 is 0 Å². The van der Waals surface area contributed by atoms with Crippen LogP contribution < -0.4 is 0 Å². The molecular weight excluding hydrogens is 308 g/mol. The minimum absolute atomic E-state index is 0.0181. The number of nitro benzene ring substituents is 1. The molecule has 124 valence electrons. The number of nitrogens with zero attached hydrogens (tertiary/aromatic N) is 2. The molecule has 0 aliphatic heterocycles. The summed E-state index contributed by atoms with van der Waals surface area (Å²) in [7, 11) is 0. The van der Waals surface area contributed by atoms with Crippen molar-refractivity contribution in [3.8, 4) is 0 Å². The van der Waals surface area contributed by atoms with Gasteiger partial charge in [0.15, 0.2) is 0 Å². The molecule has 0 unspecified atom stereocenters. The van der Waals surface area contributed by atoms with Crippen LogP contribution in [0.5, 0.6) is 0 Å². The van der Waals surface area contributed by atoms with E-state index in [0.29, 0.717) is 29.8 Å². The summed E-state index contributed by atoms with van der Waals surface area (Å²) < 4.78 is 5.06. The molecule has 0 aliphatic rings. The molecule has 0 aliphatic carbocycles. The number of pyridine rings is 1. The Kier molecular flexibility index (Phi) is 5.78. The molecule has 2 aromatic rings. The number of aromatic nitrogens is 1. The molecule has 1 heterocycles. The quantitative estimate of drug-likeness (QED) is 0.457. The van der Waals surface area contributed by atoms with E-state index in [1.165, 1.54) is 6.07 Å². The number of rotatable bonds is 6. The molecule has 0 N–H and O–H groups in total. The van der Waals surface area contributed by atoms with Crippen molar-refractivity contribution in [2.75, 3.05) is 6.61 Å². The smallest absolute Gasteiger partial charge is 0.338 e. The Morgan fingerprint density at radius 3 is 2.71 bits per heavy atom. The minimum atomic E-state index is -0.433. The molecule has 0 atom stereocenters. The van der Waals surface area contributed by atoms with Gasteiger partial charge in [0.2, 0.25) is 0 Å². The van der Waals surface area contributed by atoms with E-state index < -0.39 is 10.9 Å². The van der Waals surface area contributed by atoms with Gasteiger partial charge >= 0.3 is 5.97 Å². The summed E-state index contributed by atoms with van der Waals surface area (Å²) in [6.07, 6.45) is 5.55. The molecule has 24 heavy (non-hydrogen) atoms. The molecule has 0 fully saturated rings. The second-order valence-electron chi connectivity index (χ2n) is 4.99. The summed E-state index contributed by atoms with van der Waals surface area (Å²) in [5, 5.41) is 11.0. The first kappa shape index (κ1) is 17.3. The number of esters is 1. The van der Waals surface area contributed by atoms with Gasteiger partial charge in [-0.1, -0.05) is 19.1 Å². The van der Waals surface area contributed by atoms with Gasteiger partial charge < -0.3 is 4.74 Å². The third kappa shape index (κ3) is 4.04. The van der Waals surface area contributed by atoms with Crippen molar-refractivity contribution in [1.29, 1.82) is 0 Å². The zero-order chi connectivity index (χ0) is 17.5. The van der Waals surface area contributed by atoms with Crippen LogP contribution in [0.3, 0.4) is 0 Å². The predicted octanol–water partition coefficient (Wildman–Crippen LogP) is 3.90. The van der Waals surface area contributed by atoms with Gasteiger partial charge in [0.25, 0.3) is 5.69 Å². The maximum Gasteiger partial charge on any atom is 0.338 e. The van der Waals surface area contributed by atoms with Crippen LogP contribution in [0.4, 0.5) is 5.69 Å². The number of nitro groups is 1. The second-order valence-corrected chi connectivity index (χ2v) is 4.99. The van der Waals surface area contributed by atoms with Crippen LogP contribution in [0.15, 0.2) is 36.5 Å². The molecule has 2 rings (SSSR count). The first-order valence-electron chi connectivity index (χ1n) is 7.64. The van der Waals surface area contributed by atoms with Gasteiger partial charge in [-0.05, 0) is 43.2 Å². The maximum atomic E-state index is 12.0. The normalized spacial score (nSPS) is 10.8. The Balaban J connectivity index is 2.35. The molecule has 0 amide bonds. The van der Waals surface area contributed by atoms with Gasteiger partial charge in [-0.25, -0.2) is 4.79 Å². The van der Waals surface area contributed by atoms with Crippen LogP contribution in [0.1, 0.15) is 41.0 Å². The fourth-order valence-corrected chi connectivity index (χ4v) is 2.24. The van der Waals surface area contributed by atoms with Gasteiger partial charge in [-0.3, -0.25) is 15.1 Å². The first-order valence-corrected chi connectivity index (χ1v) is 7.64. The van der Waals surface area contributed by atoms with Gasteiger partial charge in [-0.15, -0.1) is 0 Å². The van der Waals surface area contributed by atoms with Crippen LogP contribution in [0, 0.1) is 10.1 Å². The van der Waals surface area contributed by atoms with Crippen molar-refractivity contribution in [3.63, 3.8) is 0 Å². The van der Waals surface area contributed by atoms with E-state index in [4.69, 9.17) is 4.74 Å². The molecule has 6 nitrogen and oxygen atoms in total. The highest BCUT2D eigenvalue weighted by atomic mass is 16.6. The number of benzene rings is 1. The molecule has 6 heteroatoms. The number of carbonyl (C=O) groups excluding carboxylic acids is 1. The van der Waals surface area contributed by atoms with Gasteiger partial charge in [0, 0.05) is 12.3 Å². The highest BCUT2D eigenvalue weighted by Crippen LogP contribution is 2.20. The summed E-state index contributed by atoms with van der Waals surface area (Å²) in [6, 6.07) is 8.08. The fraction of sp³-hybridized carbons (Fsp3) is 0.222. The van der Waals surface area contributed by atoms with E-state index in [9.17, 15) is 14.9 Å². The van der Waals surface area contributed by atoms with Gasteiger partial charge in [-0.2, -0.15) is 0 Å². The largest absolute Gasteiger partial charge is 0.462 e. The van der Waals surface area contributed by atoms with Crippen LogP contribution in [0.25, 0.3) is 12.2 Å². The molecule has 1 aromatic heterocycles. The fourth-order valence-electron chi connectivity index (χ4n) is 2.24. The molecule has 0 spiro atoms. The van der Waals surface area contributed by atoms with Crippen LogP contribution >= 0.6 is 0 Å². The molecule has 0 radical (unpaired) electrons. The minimum Gasteiger partial charge on any atom is -0.462 e. The Morgan fingerprint density at radius 2 is 2.04 bits per heavy atom. The third-order valence-electron chi connectivity index (χ3n) is 3.45. The molecule has 0 saturated carbocycles. The topological polar surface area (TPSA) is 82.3 Å². The number of hydrogen-bond donors (Lipinski definition) is 0. The molecule has 0 bridgehead atoms. The summed E-state index contributed by atoms with van der Waals surface area (Å²) in [5.41, 5.74) is 2.30. The van der Waals surface area contributed by atoms with E-state index in [0.717, 1.165) is 5.56 Å². The number of hydrogen-bond acceptors (Lipinski definition) is 5. The molecule has 1 aromatic carbocycles. The van der Waals surface area contributed by atoms with Crippen molar-refractivity contribution in [2.45, 2.75) is 20.3 Å². The first-order chi connectivity index (χ1) is 11.6. The van der Waals surface area contributed by atoms with Crippen LogP contribution in [0.2, 0.25) is 0 Å². The zero-order valence-electron chi connectivity index (χ0n) is 13.6. The van der Waals surface area contributed by atoms with Crippen molar-refractivity contribution < 1.29 is 14.5 Å². The van der Waals surface area contributed by atoms with E-state index in [-0.39, 0.29) is 5.69 Å². The highest BCUT2D eigenvalue weighted by molar-refractivity contribution is 5.91. The van der Waals surface area contributed by atoms with E-state index in [2.05, 4.69) is 4.98 Å².